The Kier molecular flexibility index (Phi) is 5.78. The Hall–Kier alpha value is -2.12. The highest BCUT2D eigenvalue weighted by Gasteiger charge is 2.26. The molecule has 0 radical (unpaired) electrons. The van der Waals surface area contributed by atoms with Crippen LogP contribution in [-0.4, -0.2) is 44.9 Å². The zero-order chi connectivity index (χ0) is 18.6. The first kappa shape index (κ1) is 18.7. The molecule has 26 heavy (non-hydrogen) atoms. The van der Waals surface area contributed by atoms with Crippen LogP contribution in [0.15, 0.2) is 47.5 Å². The van der Waals surface area contributed by atoms with Crippen LogP contribution >= 0.6 is 0 Å². The summed E-state index contributed by atoms with van der Waals surface area (Å²) in [6, 6.07) is 11.6. The van der Waals surface area contributed by atoms with Gasteiger partial charge in [-0.1, -0.05) is 18.6 Å². The summed E-state index contributed by atoms with van der Waals surface area (Å²) in [5.74, 6) is 0.666. The van der Waals surface area contributed by atoms with Gasteiger partial charge in [0.2, 0.25) is 10.0 Å². The van der Waals surface area contributed by atoms with E-state index >= 15 is 0 Å². The van der Waals surface area contributed by atoms with E-state index < -0.39 is 10.0 Å². The summed E-state index contributed by atoms with van der Waals surface area (Å²) in [5, 5.41) is 3.23. The number of hydrogen-bond acceptors (Lipinski definition) is 5. The summed E-state index contributed by atoms with van der Waals surface area (Å²) in [7, 11) is 0.601. The van der Waals surface area contributed by atoms with E-state index in [2.05, 4.69) is 39.5 Å². The van der Waals surface area contributed by atoms with E-state index in [1.54, 1.807) is 16.4 Å². The molecule has 1 aliphatic heterocycles. The van der Waals surface area contributed by atoms with Gasteiger partial charge in [-0.15, -0.1) is 0 Å². The van der Waals surface area contributed by atoms with E-state index in [-0.39, 0.29) is 4.90 Å². The molecule has 2 heterocycles. The van der Waals surface area contributed by atoms with Crippen LogP contribution in [0.2, 0.25) is 0 Å². The number of aromatic nitrogens is 1. The number of hydrogen-bond donors (Lipinski definition) is 1. The summed E-state index contributed by atoms with van der Waals surface area (Å²) < 4.78 is 26.8. The van der Waals surface area contributed by atoms with Crippen LogP contribution in [0.3, 0.4) is 0 Å². The number of rotatable bonds is 6. The van der Waals surface area contributed by atoms with Gasteiger partial charge in [-0.25, -0.2) is 13.4 Å². The van der Waals surface area contributed by atoms with Crippen LogP contribution < -0.4 is 10.2 Å². The molecule has 6 nitrogen and oxygen atoms in total. The number of anilines is 2. The summed E-state index contributed by atoms with van der Waals surface area (Å²) >= 11 is 0. The minimum absolute atomic E-state index is 0.264. The topological polar surface area (TPSA) is 65.5 Å². The van der Waals surface area contributed by atoms with Crippen molar-refractivity contribution < 1.29 is 8.42 Å². The van der Waals surface area contributed by atoms with Gasteiger partial charge >= 0.3 is 0 Å². The molecule has 0 saturated carbocycles. The Morgan fingerprint density at radius 1 is 1.04 bits per heavy atom. The van der Waals surface area contributed by atoms with Crippen LogP contribution in [0.4, 0.5) is 11.5 Å². The summed E-state index contributed by atoms with van der Waals surface area (Å²) in [6.07, 6.45) is 4.40. The number of sulfonamides is 1. The zero-order valence-corrected chi connectivity index (χ0v) is 16.2. The van der Waals surface area contributed by atoms with Crippen LogP contribution in [0, 0.1) is 0 Å². The zero-order valence-electron chi connectivity index (χ0n) is 15.4. The minimum Gasteiger partial charge on any atom is -0.378 e. The van der Waals surface area contributed by atoms with E-state index in [1.807, 2.05) is 14.1 Å². The number of piperidine rings is 1. The lowest BCUT2D eigenvalue weighted by molar-refractivity contribution is 0.346. The van der Waals surface area contributed by atoms with Crippen LogP contribution in [0.5, 0.6) is 0 Å². The minimum atomic E-state index is -3.42. The first-order valence-electron chi connectivity index (χ1n) is 8.93. The molecule has 3 rings (SSSR count). The fourth-order valence-electron chi connectivity index (χ4n) is 3.00. The van der Waals surface area contributed by atoms with Crippen LogP contribution in [0.25, 0.3) is 0 Å². The van der Waals surface area contributed by atoms with Crippen molar-refractivity contribution in [1.82, 2.24) is 9.29 Å². The van der Waals surface area contributed by atoms with Crippen molar-refractivity contribution in [2.45, 2.75) is 30.7 Å². The quantitative estimate of drug-likeness (QED) is 0.842. The molecule has 1 saturated heterocycles. The second-order valence-corrected chi connectivity index (χ2v) is 8.70. The third-order valence-corrected chi connectivity index (χ3v) is 6.50. The second kappa shape index (κ2) is 8.05. The molecule has 1 N–H and O–H groups in total. The number of nitrogens with one attached hydrogen (secondary N) is 1. The molecular formula is C19H26N4O2S. The van der Waals surface area contributed by atoms with Crippen molar-refractivity contribution in [3.63, 3.8) is 0 Å². The fraction of sp³-hybridized carbons (Fsp3) is 0.421. The summed E-state index contributed by atoms with van der Waals surface area (Å²) in [6.45, 7) is 1.84. The standard InChI is InChI=1S/C19H26N4O2S/c1-22(2)17-8-6-16(7-9-17)14-20-19-11-10-18(15-21-19)26(24,25)23-12-4-3-5-13-23/h6-11,15H,3-5,12-14H2,1-2H3,(H,20,21). The number of benzene rings is 1. The van der Waals surface area contributed by atoms with Crippen molar-refractivity contribution in [2.24, 2.45) is 0 Å². The third kappa shape index (κ3) is 4.34. The maximum absolute atomic E-state index is 12.6. The Labute approximate surface area is 155 Å². The highest BCUT2D eigenvalue weighted by molar-refractivity contribution is 7.89. The smallest absolute Gasteiger partial charge is 0.244 e. The molecule has 1 aliphatic rings. The van der Waals surface area contributed by atoms with Gasteiger partial charge in [0.1, 0.15) is 10.7 Å². The lowest BCUT2D eigenvalue weighted by Crippen LogP contribution is -2.35. The first-order chi connectivity index (χ1) is 12.5. The average Bonchev–Trinajstić information content (AvgIpc) is 2.67. The van der Waals surface area contributed by atoms with Crippen molar-refractivity contribution in [3.8, 4) is 0 Å². The lowest BCUT2D eigenvalue weighted by Gasteiger charge is -2.25. The second-order valence-electron chi connectivity index (χ2n) is 6.76. The SMILES string of the molecule is CN(C)c1ccc(CNc2ccc(S(=O)(=O)N3CCCCC3)cn2)cc1. The molecule has 140 valence electrons. The molecule has 0 bridgehead atoms. The van der Waals surface area contributed by atoms with Crippen LogP contribution in [0.1, 0.15) is 24.8 Å². The highest BCUT2D eigenvalue weighted by atomic mass is 32.2. The normalized spacial score (nSPS) is 15.6. The molecule has 1 aromatic heterocycles. The number of pyridine rings is 1. The lowest BCUT2D eigenvalue weighted by atomic mass is 10.2. The summed E-state index contributed by atoms with van der Waals surface area (Å²) in [4.78, 5) is 6.60. The van der Waals surface area contributed by atoms with Gasteiger partial charge in [-0.05, 0) is 42.7 Å². The van der Waals surface area contributed by atoms with E-state index in [4.69, 9.17) is 0 Å². The molecule has 0 spiro atoms. The van der Waals surface area contributed by atoms with Gasteiger partial charge in [-0.2, -0.15) is 4.31 Å². The molecule has 2 aromatic rings. The maximum atomic E-state index is 12.6. The Bertz CT molecular complexity index is 812. The van der Waals surface area contributed by atoms with Crippen molar-refractivity contribution >= 4 is 21.5 Å². The van der Waals surface area contributed by atoms with E-state index in [0.717, 1.165) is 30.5 Å². The third-order valence-electron chi connectivity index (χ3n) is 4.62. The molecule has 0 atom stereocenters. The predicted molar refractivity (Wildman–Crippen MR) is 105 cm³/mol. The molecule has 0 amide bonds. The maximum Gasteiger partial charge on any atom is 0.244 e. The van der Waals surface area contributed by atoms with Crippen molar-refractivity contribution in [2.75, 3.05) is 37.4 Å². The van der Waals surface area contributed by atoms with Crippen LogP contribution in [-0.2, 0) is 16.6 Å². The van der Waals surface area contributed by atoms with Gasteiger partial charge in [0.05, 0.1) is 0 Å². The van der Waals surface area contributed by atoms with Gasteiger partial charge < -0.3 is 10.2 Å². The van der Waals surface area contributed by atoms with Gasteiger partial charge in [-0.3, -0.25) is 0 Å². The van der Waals surface area contributed by atoms with E-state index in [1.165, 1.54) is 6.20 Å². The van der Waals surface area contributed by atoms with Crippen molar-refractivity contribution in [3.05, 3.63) is 48.2 Å². The molecule has 1 fully saturated rings. The molecule has 0 unspecified atom stereocenters. The van der Waals surface area contributed by atoms with Gasteiger partial charge in [0.25, 0.3) is 0 Å². The van der Waals surface area contributed by atoms with E-state index in [9.17, 15) is 8.42 Å². The molecule has 1 aromatic carbocycles. The van der Waals surface area contributed by atoms with E-state index in [0.29, 0.717) is 25.5 Å². The summed E-state index contributed by atoms with van der Waals surface area (Å²) in [5.41, 5.74) is 2.29. The molecule has 7 heteroatoms. The Balaban J connectivity index is 1.62. The fourth-order valence-corrected chi connectivity index (χ4v) is 4.46. The first-order valence-corrected chi connectivity index (χ1v) is 10.4. The predicted octanol–water partition coefficient (Wildman–Crippen LogP) is 2.93. The monoisotopic (exact) mass is 374 g/mol. The van der Waals surface area contributed by atoms with Gasteiger partial charge in [0, 0.05) is 45.6 Å². The van der Waals surface area contributed by atoms with Gasteiger partial charge in [0.15, 0.2) is 0 Å². The molecule has 0 aliphatic carbocycles. The average molecular weight is 375 g/mol. The largest absolute Gasteiger partial charge is 0.378 e. The van der Waals surface area contributed by atoms with Crippen molar-refractivity contribution in [1.29, 1.82) is 0 Å². The Morgan fingerprint density at radius 2 is 1.73 bits per heavy atom. The highest BCUT2D eigenvalue weighted by Crippen LogP contribution is 2.21. The Morgan fingerprint density at radius 3 is 2.31 bits per heavy atom. The molecular weight excluding hydrogens is 348 g/mol. The number of nitrogens with zero attached hydrogens (tertiary/aromatic N) is 3.